The van der Waals surface area contributed by atoms with Crippen LogP contribution in [-0.2, 0) is 30.2 Å². The van der Waals surface area contributed by atoms with E-state index >= 15 is 0 Å². The van der Waals surface area contributed by atoms with Crippen molar-refractivity contribution in [1.82, 2.24) is 28.9 Å². The summed E-state index contributed by atoms with van der Waals surface area (Å²) < 4.78 is 10.5. The third-order valence-electron chi connectivity index (χ3n) is 4.32. The van der Waals surface area contributed by atoms with E-state index in [1.165, 1.54) is 26.7 Å². The van der Waals surface area contributed by atoms with Crippen LogP contribution in [0.1, 0.15) is 17.1 Å². The van der Waals surface area contributed by atoms with Crippen LogP contribution in [0.3, 0.4) is 0 Å². The average molecular weight is 419 g/mol. The van der Waals surface area contributed by atoms with Gasteiger partial charge >= 0.3 is 5.97 Å². The van der Waals surface area contributed by atoms with Gasteiger partial charge in [-0.2, -0.15) is 5.10 Å². The van der Waals surface area contributed by atoms with Crippen molar-refractivity contribution in [3.8, 4) is 0 Å². The second-order valence-corrected chi connectivity index (χ2v) is 7.38. The second kappa shape index (κ2) is 6.88. The minimum Gasteiger partial charge on any atom is -0.454 e. The lowest BCUT2D eigenvalue weighted by atomic mass is 10.2. The van der Waals surface area contributed by atoms with E-state index < -0.39 is 5.97 Å². The molecule has 0 N–H and O–H groups in total. The minimum atomic E-state index is -0.553. The topological polar surface area (TPSA) is 96.3 Å². The molecule has 0 atom stereocenters. The van der Waals surface area contributed by atoms with Crippen molar-refractivity contribution < 1.29 is 9.53 Å². The molecular weight excluding hydrogens is 404 g/mol. The van der Waals surface area contributed by atoms with Gasteiger partial charge in [0.25, 0.3) is 5.56 Å². The maximum Gasteiger partial charge on any atom is 0.331 e. The minimum absolute atomic E-state index is 0.0900. The van der Waals surface area contributed by atoms with Crippen LogP contribution in [-0.4, -0.2) is 34.9 Å². The van der Waals surface area contributed by atoms with Gasteiger partial charge in [0, 0.05) is 25.7 Å². The molecule has 0 aliphatic rings. The summed E-state index contributed by atoms with van der Waals surface area (Å²) in [5.41, 5.74) is 1.91. The van der Waals surface area contributed by atoms with Gasteiger partial charge in [0.05, 0.1) is 11.2 Å². The summed E-state index contributed by atoms with van der Waals surface area (Å²) in [6, 6.07) is 1.82. The maximum absolute atomic E-state index is 12.3. The van der Waals surface area contributed by atoms with Crippen molar-refractivity contribution >= 4 is 51.0 Å². The smallest absolute Gasteiger partial charge is 0.331 e. The van der Waals surface area contributed by atoms with Crippen molar-refractivity contribution in [2.75, 3.05) is 0 Å². The van der Waals surface area contributed by atoms with Crippen LogP contribution < -0.4 is 5.56 Å². The highest BCUT2D eigenvalue weighted by molar-refractivity contribution is 7.17. The highest BCUT2D eigenvalue weighted by atomic mass is 35.5. The molecule has 4 aromatic rings. The fourth-order valence-corrected chi connectivity index (χ4v) is 4.01. The van der Waals surface area contributed by atoms with Crippen molar-refractivity contribution in [3.05, 3.63) is 50.1 Å². The van der Waals surface area contributed by atoms with Crippen molar-refractivity contribution in [2.45, 2.75) is 13.5 Å². The summed E-state index contributed by atoms with van der Waals surface area (Å²) in [5, 5.41) is 14.6. The molecule has 11 heteroatoms. The second-order valence-electron chi connectivity index (χ2n) is 6.11. The standard InChI is InChI=1S/C17H15ClN6O3S/c1-9-10(15(18)23(3)21-9)4-5-13(25)27-8-12-19-20-17-22(2)16(26)14-11(24(12)17)6-7-28-14/h4-7H,8H2,1-3H3. The lowest BCUT2D eigenvalue weighted by Crippen LogP contribution is -2.19. The number of nitrogens with zero attached hydrogens (tertiary/aromatic N) is 6. The molecular formula is C17H15ClN6O3S. The maximum atomic E-state index is 12.3. The zero-order chi connectivity index (χ0) is 20.0. The molecule has 4 heterocycles. The van der Waals surface area contributed by atoms with Gasteiger partial charge in [-0.25, -0.2) is 4.79 Å². The van der Waals surface area contributed by atoms with Crippen LogP contribution in [0.4, 0.5) is 0 Å². The molecule has 0 unspecified atom stereocenters. The average Bonchev–Trinajstić information content (AvgIpc) is 3.35. The number of rotatable bonds is 4. The van der Waals surface area contributed by atoms with E-state index in [2.05, 4.69) is 15.3 Å². The Morgan fingerprint density at radius 3 is 2.86 bits per heavy atom. The molecule has 0 saturated heterocycles. The molecule has 0 amide bonds. The predicted molar refractivity (Wildman–Crippen MR) is 105 cm³/mol. The molecule has 0 aliphatic heterocycles. The lowest BCUT2D eigenvalue weighted by molar-refractivity contribution is -0.139. The molecule has 0 saturated carbocycles. The summed E-state index contributed by atoms with van der Waals surface area (Å²) in [6.07, 6.45) is 2.85. The summed E-state index contributed by atoms with van der Waals surface area (Å²) in [5.74, 6) is 0.254. The molecule has 0 fully saturated rings. The van der Waals surface area contributed by atoms with E-state index in [1.54, 1.807) is 31.5 Å². The highest BCUT2D eigenvalue weighted by Crippen LogP contribution is 2.21. The fourth-order valence-electron chi connectivity index (χ4n) is 2.92. The number of carbonyl (C=O) groups excluding carboxylic acids is 1. The van der Waals surface area contributed by atoms with Crippen molar-refractivity contribution in [3.63, 3.8) is 0 Å². The molecule has 9 nitrogen and oxygen atoms in total. The number of aromatic nitrogens is 6. The monoisotopic (exact) mass is 418 g/mol. The highest BCUT2D eigenvalue weighted by Gasteiger charge is 2.16. The molecule has 4 aromatic heterocycles. The Hall–Kier alpha value is -2.98. The number of halogens is 1. The summed E-state index contributed by atoms with van der Waals surface area (Å²) in [7, 11) is 3.35. The number of hydrogen-bond acceptors (Lipinski definition) is 7. The third kappa shape index (κ3) is 2.90. The Balaban J connectivity index is 1.59. The first-order chi connectivity index (χ1) is 13.4. The molecule has 0 aromatic carbocycles. The fraction of sp³-hybridized carbons (Fsp3) is 0.235. The molecule has 4 rings (SSSR count). The summed E-state index contributed by atoms with van der Waals surface area (Å²) in [4.78, 5) is 24.5. The number of thiophene rings is 1. The Bertz CT molecular complexity index is 1310. The van der Waals surface area contributed by atoms with Gasteiger partial charge < -0.3 is 4.74 Å². The first kappa shape index (κ1) is 18.4. The number of carbonyl (C=O) groups is 1. The third-order valence-corrected chi connectivity index (χ3v) is 5.66. The van der Waals surface area contributed by atoms with Crippen LogP contribution in [0.5, 0.6) is 0 Å². The molecule has 0 aliphatic carbocycles. The number of aryl methyl sites for hydroxylation is 3. The summed E-state index contributed by atoms with van der Waals surface area (Å²) in [6.45, 7) is 1.71. The normalized spacial score (nSPS) is 11.9. The number of fused-ring (bicyclic) bond motifs is 3. The predicted octanol–water partition coefficient (Wildman–Crippen LogP) is 2.09. The van der Waals surface area contributed by atoms with Gasteiger partial charge in [-0.15, -0.1) is 21.5 Å². The molecule has 144 valence electrons. The van der Waals surface area contributed by atoms with E-state index in [4.69, 9.17) is 16.3 Å². The number of hydrogen-bond donors (Lipinski definition) is 0. The molecule has 28 heavy (non-hydrogen) atoms. The zero-order valence-corrected chi connectivity index (χ0v) is 16.8. The van der Waals surface area contributed by atoms with Crippen LogP contribution in [0.2, 0.25) is 5.15 Å². The van der Waals surface area contributed by atoms with E-state index in [-0.39, 0.29) is 12.2 Å². The first-order valence-electron chi connectivity index (χ1n) is 8.22. The largest absolute Gasteiger partial charge is 0.454 e. The Kier molecular flexibility index (Phi) is 4.52. The lowest BCUT2D eigenvalue weighted by Gasteiger charge is -2.05. The van der Waals surface area contributed by atoms with Gasteiger partial charge in [-0.05, 0) is 24.4 Å². The van der Waals surface area contributed by atoms with Crippen molar-refractivity contribution in [1.29, 1.82) is 0 Å². The first-order valence-corrected chi connectivity index (χ1v) is 9.48. The van der Waals surface area contributed by atoms with E-state index in [9.17, 15) is 9.59 Å². The van der Waals surface area contributed by atoms with Crippen LogP contribution >= 0.6 is 22.9 Å². The Labute approximate surface area is 167 Å². The number of ether oxygens (including phenoxy) is 1. The quantitative estimate of drug-likeness (QED) is 0.372. The van der Waals surface area contributed by atoms with Gasteiger partial charge in [0.1, 0.15) is 9.85 Å². The van der Waals surface area contributed by atoms with E-state index in [0.29, 0.717) is 38.2 Å². The van der Waals surface area contributed by atoms with Gasteiger partial charge in [0.15, 0.2) is 12.4 Å². The zero-order valence-electron chi connectivity index (χ0n) is 15.2. The molecule has 0 radical (unpaired) electrons. The molecule has 0 spiro atoms. The Morgan fingerprint density at radius 1 is 1.36 bits per heavy atom. The van der Waals surface area contributed by atoms with Crippen LogP contribution in [0.15, 0.2) is 22.3 Å². The van der Waals surface area contributed by atoms with Gasteiger partial charge in [-0.1, -0.05) is 11.6 Å². The van der Waals surface area contributed by atoms with Crippen LogP contribution in [0, 0.1) is 6.92 Å². The van der Waals surface area contributed by atoms with Crippen molar-refractivity contribution in [2.24, 2.45) is 14.1 Å². The van der Waals surface area contributed by atoms with Gasteiger partial charge in [0.2, 0.25) is 5.78 Å². The molecule has 0 bridgehead atoms. The number of esters is 1. The Morgan fingerprint density at radius 2 is 2.14 bits per heavy atom. The van der Waals surface area contributed by atoms with Crippen LogP contribution in [0.25, 0.3) is 22.1 Å². The summed E-state index contributed by atoms with van der Waals surface area (Å²) >= 11 is 7.48. The van der Waals surface area contributed by atoms with Gasteiger partial charge in [-0.3, -0.25) is 18.4 Å². The SMILES string of the molecule is Cc1nn(C)c(Cl)c1C=CC(=O)OCc1nnc2n(C)c(=O)c3sccc3n12. The van der Waals surface area contributed by atoms with E-state index in [0.717, 1.165) is 0 Å². The van der Waals surface area contributed by atoms with E-state index in [1.807, 2.05) is 11.4 Å².